The lowest BCUT2D eigenvalue weighted by Gasteiger charge is -2.20. The molecule has 1 aromatic rings. The van der Waals surface area contributed by atoms with Crippen LogP contribution in [0.3, 0.4) is 0 Å². The van der Waals surface area contributed by atoms with E-state index in [1.165, 1.54) is 18.2 Å². The molecule has 0 bridgehead atoms. The van der Waals surface area contributed by atoms with E-state index in [0.29, 0.717) is 10.2 Å². The number of nitrogen functional groups attached to an aromatic ring is 1. The van der Waals surface area contributed by atoms with Crippen LogP contribution >= 0.6 is 15.9 Å². The lowest BCUT2D eigenvalue weighted by Crippen LogP contribution is -2.33. The number of sulfonamides is 1. The minimum atomic E-state index is -3.76. The fraction of sp³-hybridized carbons (Fsp3) is 0.333. The second-order valence-corrected chi connectivity index (χ2v) is 6.67. The van der Waals surface area contributed by atoms with Crippen molar-refractivity contribution in [3.8, 4) is 12.1 Å². The summed E-state index contributed by atoms with van der Waals surface area (Å²) in [6.45, 7) is 0.106. The topological polar surface area (TPSA) is 111 Å². The first-order chi connectivity index (χ1) is 9.43. The van der Waals surface area contributed by atoms with Gasteiger partial charge in [0, 0.05) is 36.1 Å². The van der Waals surface area contributed by atoms with Gasteiger partial charge >= 0.3 is 0 Å². The fourth-order valence-electron chi connectivity index (χ4n) is 1.57. The van der Waals surface area contributed by atoms with E-state index in [0.717, 1.165) is 4.31 Å². The van der Waals surface area contributed by atoms with E-state index >= 15 is 0 Å². The van der Waals surface area contributed by atoms with E-state index in [4.69, 9.17) is 16.3 Å². The minimum Gasteiger partial charge on any atom is -0.399 e. The van der Waals surface area contributed by atoms with Gasteiger partial charge in [0.2, 0.25) is 10.0 Å². The maximum absolute atomic E-state index is 12.5. The van der Waals surface area contributed by atoms with Crippen LogP contribution in [0.1, 0.15) is 12.8 Å². The van der Waals surface area contributed by atoms with Crippen molar-refractivity contribution in [2.24, 2.45) is 0 Å². The fourth-order valence-corrected chi connectivity index (χ4v) is 4.06. The van der Waals surface area contributed by atoms with Crippen molar-refractivity contribution in [2.45, 2.75) is 17.7 Å². The first-order valence-electron chi connectivity index (χ1n) is 5.72. The largest absolute Gasteiger partial charge is 0.399 e. The van der Waals surface area contributed by atoms with E-state index in [-0.39, 0.29) is 30.8 Å². The summed E-state index contributed by atoms with van der Waals surface area (Å²) >= 11 is 3.17. The zero-order valence-corrected chi connectivity index (χ0v) is 13.0. The van der Waals surface area contributed by atoms with Crippen molar-refractivity contribution in [3.63, 3.8) is 0 Å². The third-order valence-corrected chi connectivity index (χ3v) is 5.40. The van der Waals surface area contributed by atoms with Crippen LogP contribution in [0, 0.1) is 22.7 Å². The van der Waals surface area contributed by atoms with Gasteiger partial charge in [-0.2, -0.15) is 14.8 Å². The second kappa shape index (κ2) is 7.25. The number of nitriles is 2. The Bertz CT molecular complexity index is 643. The number of hydrogen-bond acceptors (Lipinski definition) is 5. The molecular formula is C12H13BrN4O2S. The molecule has 0 fully saturated rings. The Hall–Kier alpha value is -1.61. The molecule has 0 heterocycles. The van der Waals surface area contributed by atoms with E-state index in [1.807, 2.05) is 12.1 Å². The van der Waals surface area contributed by atoms with Crippen molar-refractivity contribution >= 4 is 31.6 Å². The number of anilines is 1. The summed E-state index contributed by atoms with van der Waals surface area (Å²) in [7, 11) is -3.76. The Labute approximate surface area is 126 Å². The molecule has 0 spiro atoms. The van der Waals surface area contributed by atoms with E-state index in [2.05, 4.69) is 15.9 Å². The van der Waals surface area contributed by atoms with Gasteiger partial charge < -0.3 is 5.73 Å². The smallest absolute Gasteiger partial charge is 0.244 e. The second-order valence-electron chi connectivity index (χ2n) is 3.91. The molecule has 0 aliphatic carbocycles. The minimum absolute atomic E-state index is 0.0529. The quantitative estimate of drug-likeness (QED) is 0.781. The molecule has 0 atom stereocenters. The van der Waals surface area contributed by atoms with Gasteiger partial charge in [-0.25, -0.2) is 8.42 Å². The first-order valence-corrected chi connectivity index (χ1v) is 7.96. The maximum Gasteiger partial charge on any atom is 0.244 e. The average Bonchev–Trinajstić information content (AvgIpc) is 2.38. The van der Waals surface area contributed by atoms with Crippen LogP contribution in [0.15, 0.2) is 27.6 Å². The van der Waals surface area contributed by atoms with Crippen LogP contribution in [0.2, 0.25) is 0 Å². The van der Waals surface area contributed by atoms with Gasteiger partial charge in [-0.15, -0.1) is 0 Å². The van der Waals surface area contributed by atoms with E-state index in [9.17, 15) is 8.42 Å². The molecule has 0 saturated heterocycles. The molecule has 8 heteroatoms. The molecule has 0 amide bonds. The lowest BCUT2D eigenvalue weighted by molar-refractivity contribution is 0.424. The van der Waals surface area contributed by atoms with Gasteiger partial charge in [-0.05, 0) is 34.1 Å². The summed E-state index contributed by atoms with van der Waals surface area (Å²) in [5, 5.41) is 17.2. The summed E-state index contributed by atoms with van der Waals surface area (Å²) in [6.07, 6.45) is 0.133. The van der Waals surface area contributed by atoms with Crippen LogP contribution in [0.4, 0.5) is 5.69 Å². The average molecular weight is 357 g/mol. The van der Waals surface area contributed by atoms with Crippen LogP contribution in [-0.4, -0.2) is 25.8 Å². The van der Waals surface area contributed by atoms with E-state index in [1.54, 1.807) is 0 Å². The van der Waals surface area contributed by atoms with Gasteiger partial charge in [0.1, 0.15) is 0 Å². The van der Waals surface area contributed by atoms with Crippen molar-refractivity contribution in [1.82, 2.24) is 4.31 Å². The van der Waals surface area contributed by atoms with Crippen LogP contribution in [0.5, 0.6) is 0 Å². The Morgan fingerprint density at radius 1 is 1.20 bits per heavy atom. The third-order valence-electron chi connectivity index (χ3n) is 2.52. The molecule has 6 nitrogen and oxygen atoms in total. The van der Waals surface area contributed by atoms with Gasteiger partial charge in [0.05, 0.1) is 17.0 Å². The van der Waals surface area contributed by atoms with E-state index < -0.39 is 10.0 Å². The van der Waals surface area contributed by atoms with Gasteiger partial charge in [-0.3, -0.25) is 0 Å². The molecule has 2 N–H and O–H groups in total. The molecule has 0 radical (unpaired) electrons. The lowest BCUT2D eigenvalue weighted by atomic mass is 10.3. The first kappa shape index (κ1) is 16.4. The molecule has 1 rings (SSSR count). The molecule has 0 saturated carbocycles. The van der Waals surface area contributed by atoms with Crippen LogP contribution < -0.4 is 5.73 Å². The maximum atomic E-state index is 12.5. The molecule has 106 valence electrons. The highest BCUT2D eigenvalue weighted by Crippen LogP contribution is 2.27. The Morgan fingerprint density at radius 2 is 1.75 bits per heavy atom. The summed E-state index contributed by atoms with van der Waals surface area (Å²) < 4.78 is 26.5. The normalized spacial score (nSPS) is 11.0. The summed E-state index contributed by atoms with van der Waals surface area (Å²) in [5.74, 6) is 0. The molecule has 1 aromatic carbocycles. The third kappa shape index (κ3) is 3.94. The molecule has 0 aliphatic rings. The Balaban J connectivity index is 3.15. The number of benzene rings is 1. The number of rotatable bonds is 6. The zero-order valence-electron chi connectivity index (χ0n) is 10.6. The molecule has 0 unspecified atom stereocenters. The SMILES string of the molecule is N#CCCN(CCC#N)S(=O)(=O)c1ccc(N)cc1Br. The number of nitrogens with two attached hydrogens (primary N) is 1. The van der Waals surface area contributed by atoms with Crippen molar-refractivity contribution < 1.29 is 8.42 Å². The van der Waals surface area contributed by atoms with Gasteiger partial charge in [0.25, 0.3) is 0 Å². The van der Waals surface area contributed by atoms with Gasteiger partial charge in [-0.1, -0.05) is 0 Å². The predicted octanol–water partition coefficient (Wildman–Crippen LogP) is 1.85. The number of hydrogen-bond donors (Lipinski definition) is 1. The van der Waals surface area contributed by atoms with Crippen LogP contribution in [0.25, 0.3) is 0 Å². The van der Waals surface area contributed by atoms with Crippen LogP contribution in [-0.2, 0) is 10.0 Å². The van der Waals surface area contributed by atoms with Crippen molar-refractivity contribution in [1.29, 1.82) is 10.5 Å². The summed E-state index contributed by atoms with van der Waals surface area (Å²) in [5.41, 5.74) is 6.02. The van der Waals surface area contributed by atoms with Crippen molar-refractivity contribution in [3.05, 3.63) is 22.7 Å². The highest BCUT2D eigenvalue weighted by Gasteiger charge is 2.26. The standard InChI is InChI=1S/C12H13BrN4O2S/c13-11-9-10(16)3-4-12(11)20(18,19)17(7-1-5-14)8-2-6-15/h3-4,9H,1-2,7-8,16H2. The number of halogens is 1. The van der Waals surface area contributed by atoms with Gasteiger partial charge in [0.15, 0.2) is 0 Å². The highest BCUT2D eigenvalue weighted by atomic mass is 79.9. The zero-order chi connectivity index (χ0) is 15.2. The summed E-state index contributed by atoms with van der Waals surface area (Å²) in [4.78, 5) is 0.0718. The highest BCUT2D eigenvalue weighted by molar-refractivity contribution is 9.10. The van der Waals surface area contributed by atoms with Crippen molar-refractivity contribution in [2.75, 3.05) is 18.8 Å². The Kier molecular flexibility index (Phi) is 5.96. The predicted molar refractivity (Wildman–Crippen MR) is 77.8 cm³/mol. The monoisotopic (exact) mass is 356 g/mol. The Morgan fingerprint density at radius 3 is 2.20 bits per heavy atom. The molecule has 20 heavy (non-hydrogen) atoms. The summed E-state index contributed by atoms with van der Waals surface area (Å²) in [6, 6.07) is 8.20. The molecular weight excluding hydrogens is 344 g/mol. The number of nitrogens with zero attached hydrogens (tertiary/aromatic N) is 3. The molecule has 0 aromatic heterocycles. The molecule has 0 aliphatic heterocycles.